The molecule has 0 saturated carbocycles. The number of carbonyl (C=O) groups excluding carboxylic acids is 1. The van der Waals surface area contributed by atoms with E-state index in [4.69, 9.17) is 4.74 Å². The summed E-state index contributed by atoms with van der Waals surface area (Å²) in [6.45, 7) is 1.41. The number of hydrogen-bond acceptors (Lipinski definition) is 5. The largest absolute Gasteiger partial charge is 0.473 e. The Bertz CT molecular complexity index is 620. The van der Waals surface area contributed by atoms with E-state index < -0.39 is 0 Å². The van der Waals surface area contributed by atoms with E-state index in [2.05, 4.69) is 10.2 Å². The van der Waals surface area contributed by atoms with Gasteiger partial charge in [0.1, 0.15) is 6.10 Å². The van der Waals surface area contributed by atoms with Gasteiger partial charge in [-0.3, -0.25) is 4.79 Å². The van der Waals surface area contributed by atoms with Crippen LogP contribution in [0.1, 0.15) is 17.7 Å². The van der Waals surface area contributed by atoms with E-state index in [0.717, 1.165) is 17.7 Å². The number of thiophene rings is 1. The molecule has 0 unspecified atom stereocenters. The summed E-state index contributed by atoms with van der Waals surface area (Å²) >= 11 is 1.62. The molecule has 5 nitrogen and oxygen atoms in total. The predicted octanol–water partition coefficient (Wildman–Crippen LogP) is 2.62. The number of nitrogens with zero attached hydrogens (tertiary/aromatic N) is 3. The van der Waals surface area contributed by atoms with Gasteiger partial charge < -0.3 is 9.64 Å². The van der Waals surface area contributed by atoms with Crippen LogP contribution in [0.2, 0.25) is 0 Å². The molecule has 22 heavy (non-hydrogen) atoms. The van der Waals surface area contributed by atoms with E-state index in [-0.39, 0.29) is 12.0 Å². The number of piperidine rings is 1. The molecule has 1 saturated heterocycles. The smallest absolute Gasteiger partial charge is 0.246 e. The summed E-state index contributed by atoms with van der Waals surface area (Å²) in [7, 11) is 0. The maximum Gasteiger partial charge on any atom is 0.246 e. The van der Waals surface area contributed by atoms with Gasteiger partial charge in [-0.15, -0.1) is 16.4 Å². The van der Waals surface area contributed by atoms with Crippen LogP contribution in [0.15, 0.2) is 41.9 Å². The molecule has 0 aliphatic carbocycles. The first kappa shape index (κ1) is 14.7. The zero-order valence-electron chi connectivity index (χ0n) is 12.1. The molecule has 1 aliphatic rings. The molecule has 1 amide bonds. The van der Waals surface area contributed by atoms with Crippen molar-refractivity contribution in [2.75, 3.05) is 13.1 Å². The van der Waals surface area contributed by atoms with Gasteiger partial charge in [-0.2, -0.15) is 5.10 Å². The molecule has 114 valence electrons. The Labute approximate surface area is 133 Å². The molecule has 0 radical (unpaired) electrons. The molecule has 0 N–H and O–H groups in total. The SMILES string of the molecule is O=C(/C=C/c1cccs1)N1CCC(Oc2cccnn2)CC1. The van der Waals surface area contributed by atoms with E-state index in [1.54, 1.807) is 35.7 Å². The van der Waals surface area contributed by atoms with Gasteiger partial charge in [-0.25, -0.2) is 0 Å². The van der Waals surface area contributed by atoms with Crippen LogP contribution in [0.5, 0.6) is 5.88 Å². The third-order valence-corrected chi connectivity index (χ3v) is 4.36. The van der Waals surface area contributed by atoms with E-state index in [1.807, 2.05) is 28.5 Å². The Hall–Kier alpha value is -2.21. The summed E-state index contributed by atoms with van der Waals surface area (Å²) in [6, 6.07) is 7.57. The van der Waals surface area contributed by atoms with E-state index in [0.29, 0.717) is 19.0 Å². The summed E-state index contributed by atoms with van der Waals surface area (Å²) < 4.78 is 5.77. The lowest BCUT2D eigenvalue weighted by Gasteiger charge is -2.31. The summed E-state index contributed by atoms with van der Waals surface area (Å²) in [5.74, 6) is 0.608. The van der Waals surface area contributed by atoms with Crippen LogP contribution in [0.25, 0.3) is 6.08 Å². The predicted molar refractivity (Wildman–Crippen MR) is 85.6 cm³/mol. The van der Waals surface area contributed by atoms with Gasteiger partial charge in [0.05, 0.1) is 0 Å². The van der Waals surface area contributed by atoms with Crippen molar-refractivity contribution in [1.82, 2.24) is 15.1 Å². The van der Waals surface area contributed by atoms with Crippen LogP contribution >= 0.6 is 11.3 Å². The average molecular weight is 315 g/mol. The second-order valence-electron chi connectivity index (χ2n) is 5.05. The van der Waals surface area contributed by atoms with Crippen LogP contribution in [0.3, 0.4) is 0 Å². The zero-order valence-corrected chi connectivity index (χ0v) is 12.9. The molecular formula is C16H17N3O2S. The minimum Gasteiger partial charge on any atom is -0.473 e. The minimum absolute atomic E-state index is 0.0614. The van der Waals surface area contributed by atoms with Gasteiger partial charge in [-0.1, -0.05) is 6.07 Å². The standard InChI is InChI=1S/C16H17N3O2S/c20-16(6-5-14-3-2-12-22-14)19-10-7-13(8-11-19)21-15-4-1-9-17-18-15/h1-6,9,12-13H,7-8,10-11H2/b6-5+. The first-order valence-corrected chi connectivity index (χ1v) is 8.14. The quantitative estimate of drug-likeness (QED) is 0.814. The fourth-order valence-corrected chi connectivity index (χ4v) is 2.98. The molecule has 3 rings (SSSR count). The van der Waals surface area contributed by atoms with Crippen molar-refractivity contribution in [3.63, 3.8) is 0 Å². The Kier molecular flexibility index (Phi) is 4.80. The number of aromatic nitrogens is 2. The zero-order chi connectivity index (χ0) is 15.2. The highest BCUT2D eigenvalue weighted by Gasteiger charge is 2.23. The average Bonchev–Trinajstić information content (AvgIpc) is 3.08. The lowest BCUT2D eigenvalue weighted by atomic mass is 10.1. The normalized spacial score (nSPS) is 16.1. The number of ether oxygens (including phenoxy) is 1. The van der Waals surface area contributed by atoms with Crippen molar-refractivity contribution >= 4 is 23.3 Å². The molecule has 1 aliphatic heterocycles. The van der Waals surface area contributed by atoms with E-state index in [9.17, 15) is 4.79 Å². The molecule has 0 aromatic carbocycles. The van der Waals surface area contributed by atoms with Gasteiger partial charge >= 0.3 is 0 Å². The second-order valence-corrected chi connectivity index (χ2v) is 6.03. The molecule has 1 fully saturated rings. The molecule has 0 bridgehead atoms. The highest BCUT2D eigenvalue weighted by atomic mass is 32.1. The molecule has 3 heterocycles. The minimum atomic E-state index is 0.0614. The third-order valence-electron chi connectivity index (χ3n) is 3.52. The molecule has 0 atom stereocenters. The first-order chi connectivity index (χ1) is 10.8. The van der Waals surface area contributed by atoms with Crippen molar-refractivity contribution in [3.8, 4) is 5.88 Å². The van der Waals surface area contributed by atoms with Gasteiger partial charge in [-0.05, 0) is 23.6 Å². The summed E-state index contributed by atoms with van der Waals surface area (Å²) in [4.78, 5) is 15.1. The Morgan fingerprint density at radius 2 is 2.18 bits per heavy atom. The van der Waals surface area contributed by atoms with Gasteiger partial charge in [0.25, 0.3) is 0 Å². The lowest BCUT2D eigenvalue weighted by Crippen LogP contribution is -2.41. The number of amides is 1. The first-order valence-electron chi connectivity index (χ1n) is 7.26. The van der Waals surface area contributed by atoms with Gasteiger partial charge in [0.15, 0.2) is 0 Å². The van der Waals surface area contributed by atoms with Crippen LogP contribution in [0.4, 0.5) is 0 Å². The molecule has 2 aromatic rings. The summed E-state index contributed by atoms with van der Waals surface area (Å²) in [5.41, 5.74) is 0. The van der Waals surface area contributed by atoms with Crippen LogP contribution in [-0.2, 0) is 4.79 Å². The van der Waals surface area contributed by atoms with Crippen molar-refractivity contribution in [1.29, 1.82) is 0 Å². The van der Waals surface area contributed by atoms with Gasteiger partial charge in [0, 0.05) is 49.1 Å². The van der Waals surface area contributed by atoms with E-state index >= 15 is 0 Å². The Morgan fingerprint density at radius 1 is 1.32 bits per heavy atom. The molecule has 6 heteroatoms. The van der Waals surface area contributed by atoms with Crippen molar-refractivity contribution < 1.29 is 9.53 Å². The molecular weight excluding hydrogens is 298 g/mol. The fourth-order valence-electron chi connectivity index (χ4n) is 2.36. The van der Waals surface area contributed by atoms with Crippen LogP contribution in [-0.4, -0.2) is 40.2 Å². The Balaban J connectivity index is 1.48. The Morgan fingerprint density at radius 3 is 2.86 bits per heavy atom. The number of hydrogen-bond donors (Lipinski definition) is 0. The highest BCUT2D eigenvalue weighted by molar-refractivity contribution is 7.10. The monoisotopic (exact) mass is 315 g/mol. The lowest BCUT2D eigenvalue weighted by molar-refractivity contribution is -0.127. The molecule has 0 spiro atoms. The van der Waals surface area contributed by atoms with E-state index in [1.165, 1.54) is 0 Å². The number of likely N-dealkylation sites (tertiary alicyclic amines) is 1. The topological polar surface area (TPSA) is 55.3 Å². The highest BCUT2D eigenvalue weighted by Crippen LogP contribution is 2.17. The fraction of sp³-hybridized carbons (Fsp3) is 0.312. The van der Waals surface area contributed by atoms with Crippen molar-refractivity contribution in [2.24, 2.45) is 0 Å². The maximum atomic E-state index is 12.1. The maximum absolute atomic E-state index is 12.1. The number of carbonyl (C=O) groups is 1. The summed E-state index contributed by atoms with van der Waals surface area (Å²) in [6.07, 6.45) is 6.87. The number of rotatable bonds is 4. The van der Waals surface area contributed by atoms with Crippen molar-refractivity contribution in [3.05, 3.63) is 46.8 Å². The second kappa shape index (κ2) is 7.17. The van der Waals surface area contributed by atoms with Crippen molar-refractivity contribution in [2.45, 2.75) is 18.9 Å². The third kappa shape index (κ3) is 3.92. The van der Waals surface area contributed by atoms with Gasteiger partial charge in [0.2, 0.25) is 11.8 Å². The summed E-state index contributed by atoms with van der Waals surface area (Å²) in [5, 5.41) is 9.72. The van der Waals surface area contributed by atoms with Crippen LogP contribution in [0, 0.1) is 0 Å². The molecule has 2 aromatic heterocycles. The van der Waals surface area contributed by atoms with Crippen LogP contribution < -0.4 is 4.74 Å².